The largest absolute Gasteiger partial charge is 0.0521 e. The van der Waals surface area contributed by atoms with Crippen molar-refractivity contribution in [3.8, 4) is 11.1 Å². The Hall–Kier alpha value is 1.32. The molecule has 0 aliphatic rings. The average Bonchev–Trinajstić information content (AvgIpc) is 2.32. The summed E-state index contributed by atoms with van der Waals surface area (Å²) in [6, 6.07) is 8.20. The van der Waals surface area contributed by atoms with Gasteiger partial charge in [-0.15, -0.1) is 0 Å². The molecule has 2 aromatic carbocycles. The van der Waals surface area contributed by atoms with Gasteiger partial charge in [0.05, 0.1) is 0 Å². The molecule has 2 aromatic rings. The van der Waals surface area contributed by atoms with Gasteiger partial charge in [-0.05, 0) is 93.0 Å². The van der Waals surface area contributed by atoms with Crippen LogP contribution in [-0.4, -0.2) is 0 Å². The molecule has 0 fully saturated rings. The lowest BCUT2D eigenvalue weighted by molar-refractivity contribution is 1.46. The second-order valence-electron chi connectivity index (χ2n) is 3.47. The third-order valence-corrected chi connectivity index (χ3v) is 8.14. The van der Waals surface area contributed by atoms with Crippen molar-refractivity contribution in [3.63, 3.8) is 0 Å². The molecule has 0 amide bonds. The molecule has 0 radical (unpaired) electrons. The highest BCUT2D eigenvalue weighted by atomic mass is 79.9. The Bertz CT molecular complexity index is 620. The third kappa shape index (κ3) is 3.14. The van der Waals surface area contributed by atoms with Crippen molar-refractivity contribution in [2.75, 3.05) is 0 Å². The zero-order chi connectivity index (χ0) is 13.4. The quantitative estimate of drug-likeness (QED) is 0.223. The molecule has 0 unspecified atom stereocenters. The fourth-order valence-corrected chi connectivity index (χ4v) is 4.96. The Labute approximate surface area is 156 Å². The predicted molar refractivity (Wildman–Crippen MR) is 98.1 cm³/mol. The van der Waals surface area contributed by atoms with E-state index in [0.29, 0.717) is 0 Å². The maximum atomic E-state index is 3.62. The topological polar surface area (TPSA) is 0 Å². The molecule has 0 atom stereocenters. The minimum absolute atomic E-state index is 0.988. The molecule has 0 spiro atoms. The number of hydrogen-bond acceptors (Lipinski definition) is 0. The van der Waals surface area contributed by atoms with E-state index in [-0.39, 0.29) is 0 Å². The fourth-order valence-electron chi connectivity index (χ4n) is 1.48. The summed E-state index contributed by atoms with van der Waals surface area (Å²) >= 11 is 21.3. The second kappa shape index (κ2) is 6.39. The highest BCUT2D eigenvalue weighted by Crippen LogP contribution is 2.44. The zero-order valence-electron chi connectivity index (χ0n) is 8.58. The summed E-state index contributed by atoms with van der Waals surface area (Å²) in [6.45, 7) is 0. The maximum Gasteiger partial charge on any atom is 0.0477 e. The lowest BCUT2D eigenvalue weighted by atomic mass is 10.1. The van der Waals surface area contributed by atoms with Gasteiger partial charge in [-0.1, -0.05) is 37.9 Å². The van der Waals surface area contributed by atoms with Gasteiger partial charge in [-0.3, -0.25) is 0 Å². The molecule has 0 nitrogen and oxygen atoms in total. The normalized spacial score (nSPS) is 10.8. The van der Waals surface area contributed by atoms with E-state index in [9.17, 15) is 0 Å². The first kappa shape index (κ1) is 15.7. The average molecular weight is 628 g/mol. The van der Waals surface area contributed by atoms with E-state index < -0.39 is 0 Å². The van der Waals surface area contributed by atoms with E-state index in [1.165, 1.54) is 0 Å². The monoisotopic (exact) mass is 622 g/mol. The van der Waals surface area contributed by atoms with Crippen molar-refractivity contribution >= 4 is 95.6 Å². The summed E-state index contributed by atoms with van der Waals surface area (Å²) < 4.78 is 6.08. The van der Waals surface area contributed by atoms with Gasteiger partial charge in [-0.25, -0.2) is 0 Å². The van der Waals surface area contributed by atoms with Crippen molar-refractivity contribution in [1.29, 1.82) is 0 Å². The van der Waals surface area contributed by atoms with Crippen molar-refractivity contribution in [2.45, 2.75) is 0 Å². The van der Waals surface area contributed by atoms with Gasteiger partial charge in [0.25, 0.3) is 0 Å². The second-order valence-corrected chi connectivity index (χ2v) is 8.48. The first-order valence-corrected chi connectivity index (χ1v) is 9.46. The third-order valence-electron chi connectivity index (χ3n) is 2.32. The van der Waals surface area contributed by atoms with Crippen LogP contribution in [0.5, 0.6) is 0 Å². The molecule has 0 aliphatic carbocycles. The van der Waals surface area contributed by atoms with Crippen molar-refractivity contribution in [1.82, 2.24) is 0 Å². The highest BCUT2D eigenvalue weighted by Gasteiger charge is 2.15. The Morgan fingerprint density at radius 1 is 0.556 bits per heavy atom. The molecule has 94 valence electrons. The van der Waals surface area contributed by atoms with Gasteiger partial charge in [-0.2, -0.15) is 0 Å². The SMILES string of the molecule is Brc1ccc(-c2cc(Br)c(Br)c(Br)c2Br)c(Br)c1. The first-order valence-electron chi connectivity index (χ1n) is 4.70. The number of halogens is 6. The van der Waals surface area contributed by atoms with Crippen molar-refractivity contribution in [2.24, 2.45) is 0 Å². The fraction of sp³-hybridized carbons (Fsp3) is 0. The van der Waals surface area contributed by atoms with Gasteiger partial charge in [0, 0.05) is 26.8 Å². The van der Waals surface area contributed by atoms with Gasteiger partial charge in [0.2, 0.25) is 0 Å². The van der Waals surface area contributed by atoms with E-state index in [0.717, 1.165) is 38.0 Å². The molecular formula is C12H4Br6. The van der Waals surface area contributed by atoms with Crippen LogP contribution in [0.15, 0.2) is 51.1 Å². The van der Waals surface area contributed by atoms with Crippen LogP contribution in [0, 0.1) is 0 Å². The Morgan fingerprint density at radius 3 is 1.83 bits per heavy atom. The van der Waals surface area contributed by atoms with Crippen LogP contribution >= 0.6 is 95.6 Å². The van der Waals surface area contributed by atoms with Gasteiger partial charge >= 0.3 is 0 Å². The van der Waals surface area contributed by atoms with Crippen LogP contribution < -0.4 is 0 Å². The van der Waals surface area contributed by atoms with E-state index in [2.05, 4.69) is 108 Å². The molecule has 0 saturated carbocycles. The molecule has 0 aromatic heterocycles. The van der Waals surface area contributed by atoms with Gasteiger partial charge in [0.15, 0.2) is 0 Å². The summed E-state index contributed by atoms with van der Waals surface area (Å²) in [5.74, 6) is 0. The van der Waals surface area contributed by atoms with Gasteiger partial charge < -0.3 is 0 Å². The Morgan fingerprint density at radius 2 is 1.22 bits per heavy atom. The predicted octanol–water partition coefficient (Wildman–Crippen LogP) is 7.93. The Kier molecular flexibility index (Phi) is 5.58. The Balaban J connectivity index is 2.72. The van der Waals surface area contributed by atoms with Crippen molar-refractivity contribution < 1.29 is 0 Å². The molecule has 2 rings (SSSR count). The molecule has 18 heavy (non-hydrogen) atoms. The van der Waals surface area contributed by atoms with Crippen LogP contribution in [0.4, 0.5) is 0 Å². The molecule has 0 bridgehead atoms. The molecule has 0 aliphatic heterocycles. The first-order chi connectivity index (χ1) is 8.41. The maximum absolute atomic E-state index is 3.62. The standard InChI is InChI=1S/C12H4Br6/c13-5-1-2-6(8(14)3-5)7-4-9(15)11(17)12(18)10(7)16/h1-4H. The lowest BCUT2D eigenvalue weighted by Crippen LogP contribution is -1.86. The minimum atomic E-state index is 0.988. The van der Waals surface area contributed by atoms with E-state index in [1.54, 1.807) is 0 Å². The molecule has 0 heterocycles. The molecule has 0 saturated heterocycles. The smallest absolute Gasteiger partial charge is 0.0477 e. The molecule has 6 heteroatoms. The van der Waals surface area contributed by atoms with Crippen LogP contribution in [0.2, 0.25) is 0 Å². The number of hydrogen-bond donors (Lipinski definition) is 0. The zero-order valence-corrected chi connectivity index (χ0v) is 18.1. The summed E-state index contributed by atoms with van der Waals surface area (Å²) in [6.07, 6.45) is 0. The lowest BCUT2D eigenvalue weighted by Gasteiger charge is -2.12. The molecular weight excluding hydrogens is 624 g/mol. The van der Waals surface area contributed by atoms with Crippen LogP contribution in [0.1, 0.15) is 0 Å². The number of benzene rings is 2. The highest BCUT2D eigenvalue weighted by molar-refractivity contribution is 9.15. The minimum Gasteiger partial charge on any atom is -0.0521 e. The molecule has 0 N–H and O–H groups in total. The van der Waals surface area contributed by atoms with E-state index >= 15 is 0 Å². The van der Waals surface area contributed by atoms with E-state index in [4.69, 9.17) is 0 Å². The van der Waals surface area contributed by atoms with E-state index in [1.807, 2.05) is 12.1 Å². The summed E-state index contributed by atoms with van der Waals surface area (Å²) in [7, 11) is 0. The van der Waals surface area contributed by atoms with Crippen LogP contribution in [0.3, 0.4) is 0 Å². The summed E-state index contributed by atoms with van der Waals surface area (Å²) in [5.41, 5.74) is 2.23. The van der Waals surface area contributed by atoms with Gasteiger partial charge in [0.1, 0.15) is 0 Å². The summed E-state index contributed by atoms with van der Waals surface area (Å²) in [4.78, 5) is 0. The van der Waals surface area contributed by atoms with Crippen molar-refractivity contribution in [3.05, 3.63) is 51.1 Å². The summed E-state index contributed by atoms with van der Waals surface area (Å²) in [5, 5.41) is 0. The van der Waals surface area contributed by atoms with Crippen LogP contribution in [0.25, 0.3) is 11.1 Å². The van der Waals surface area contributed by atoms with Crippen LogP contribution in [-0.2, 0) is 0 Å². The number of rotatable bonds is 1.